The third-order valence-corrected chi connectivity index (χ3v) is 4.63. The molecule has 0 amide bonds. The predicted molar refractivity (Wildman–Crippen MR) is 96.5 cm³/mol. The van der Waals surface area contributed by atoms with Crippen molar-refractivity contribution in [3.05, 3.63) is 48.5 Å². The molecule has 6 nitrogen and oxygen atoms in total. The van der Waals surface area contributed by atoms with Crippen LogP contribution in [0.4, 0.5) is 21.6 Å². The predicted octanol–water partition coefficient (Wildman–Crippen LogP) is 3.29. The Balaban J connectivity index is 1.62. The molecule has 25 heavy (non-hydrogen) atoms. The summed E-state index contributed by atoms with van der Waals surface area (Å²) >= 11 is 0. The Morgan fingerprint density at radius 1 is 1.12 bits per heavy atom. The minimum Gasteiger partial charge on any atom is -0.366 e. The molecule has 0 unspecified atom stereocenters. The number of nitrogens with one attached hydrogen (secondary N) is 2. The van der Waals surface area contributed by atoms with E-state index in [1.807, 2.05) is 6.07 Å². The van der Waals surface area contributed by atoms with Gasteiger partial charge in [-0.3, -0.25) is 0 Å². The Bertz CT molecular complexity index is 869. The average molecular weight is 340 g/mol. The third-order valence-electron chi connectivity index (χ3n) is 4.63. The van der Waals surface area contributed by atoms with E-state index in [2.05, 4.69) is 20.7 Å². The van der Waals surface area contributed by atoms with Crippen LogP contribution in [0.5, 0.6) is 0 Å². The molecule has 130 valence electrons. The van der Waals surface area contributed by atoms with Gasteiger partial charge in [-0.05, 0) is 37.8 Å². The number of rotatable bonds is 4. The van der Waals surface area contributed by atoms with Gasteiger partial charge in [0.25, 0.3) is 0 Å². The zero-order valence-corrected chi connectivity index (χ0v) is 13.8. The highest BCUT2D eigenvalue weighted by Gasteiger charge is 2.19. The van der Waals surface area contributed by atoms with E-state index in [1.54, 1.807) is 35.1 Å². The van der Waals surface area contributed by atoms with Gasteiger partial charge in [0, 0.05) is 30.5 Å². The summed E-state index contributed by atoms with van der Waals surface area (Å²) in [7, 11) is 0. The van der Waals surface area contributed by atoms with E-state index in [4.69, 9.17) is 5.73 Å². The molecule has 1 fully saturated rings. The first kappa shape index (κ1) is 15.8. The maximum atomic E-state index is 14.0. The van der Waals surface area contributed by atoms with Gasteiger partial charge in [0.1, 0.15) is 11.6 Å². The fraction of sp³-hybridized carbons (Fsp3) is 0.333. The first-order valence-electron chi connectivity index (χ1n) is 8.57. The molecule has 0 saturated heterocycles. The summed E-state index contributed by atoms with van der Waals surface area (Å²) in [6, 6.07) is 9.12. The largest absolute Gasteiger partial charge is 0.366 e. The van der Waals surface area contributed by atoms with Crippen LogP contribution in [0.25, 0.3) is 5.65 Å². The van der Waals surface area contributed by atoms with Crippen molar-refractivity contribution in [3.8, 4) is 0 Å². The molecule has 4 rings (SSSR count). The van der Waals surface area contributed by atoms with Crippen molar-refractivity contribution in [2.24, 2.45) is 5.73 Å². The number of hydrogen-bond acceptors (Lipinski definition) is 5. The summed E-state index contributed by atoms with van der Waals surface area (Å²) < 4.78 is 15.7. The van der Waals surface area contributed by atoms with Crippen LogP contribution in [0.2, 0.25) is 0 Å². The zero-order valence-electron chi connectivity index (χ0n) is 13.8. The van der Waals surface area contributed by atoms with E-state index < -0.39 is 0 Å². The van der Waals surface area contributed by atoms with Gasteiger partial charge in [-0.1, -0.05) is 12.1 Å². The van der Waals surface area contributed by atoms with Crippen LogP contribution in [0.15, 0.2) is 42.7 Å². The van der Waals surface area contributed by atoms with E-state index in [-0.39, 0.29) is 5.82 Å². The summed E-state index contributed by atoms with van der Waals surface area (Å²) in [4.78, 5) is 4.31. The van der Waals surface area contributed by atoms with E-state index >= 15 is 0 Å². The van der Waals surface area contributed by atoms with Crippen molar-refractivity contribution in [1.82, 2.24) is 14.6 Å². The van der Waals surface area contributed by atoms with Gasteiger partial charge in [-0.15, -0.1) is 5.10 Å². The molecule has 0 bridgehead atoms. The lowest BCUT2D eigenvalue weighted by Gasteiger charge is -2.27. The minimum atomic E-state index is -0.306. The summed E-state index contributed by atoms with van der Waals surface area (Å²) in [5.74, 6) is 0.435. The van der Waals surface area contributed by atoms with Crippen LogP contribution in [0.3, 0.4) is 0 Å². The SMILES string of the molecule is NC1CCC(Nc2cc(Nc3ccccc3F)c3nccn3n2)CC1. The van der Waals surface area contributed by atoms with Crippen LogP contribution < -0.4 is 16.4 Å². The number of nitrogens with zero attached hydrogens (tertiary/aromatic N) is 3. The molecule has 4 N–H and O–H groups in total. The Hall–Kier alpha value is -2.67. The van der Waals surface area contributed by atoms with Crippen LogP contribution in [0, 0.1) is 5.82 Å². The maximum Gasteiger partial charge on any atom is 0.177 e. The van der Waals surface area contributed by atoms with Crippen LogP contribution in [-0.2, 0) is 0 Å². The second-order valence-corrected chi connectivity index (χ2v) is 6.50. The van der Waals surface area contributed by atoms with E-state index in [0.717, 1.165) is 31.5 Å². The molecule has 0 radical (unpaired) electrons. The van der Waals surface area contributed by atoms with Crippen LogP contribution in [0.1, 0.15) is 25.7 Å². The fourth-order valence-corrected chi connectivity index (χ4v) is 3.26. The molecule has 1 aliphatic carbocycles. The highest BCUT2D eigenvalue weighted by Crippen LogP contribution is 2.26. The molecule has 2 aromatic heterocycles. The van der Waals surface area contributed by atoms with Gasteiger partial charge in [-0.25, -0.2) is 13.9 Å². The molecule has 1 aromatic carbocycles. The lowest BCUT2D eigenvalue weighted by atomic mass is 9.92. The molecule has 3 aromatic rings. The molecule has 0 aliphatic heterocycles. The number of aromatic nitrogens is 3. The van der Waals surface area contributed by atoms with Crippen molar-refractivity contribution >= 4 is 22.8 Å². The summed E-state index contributed by atoms with van der Waals surface area (Å²) in [5, 5.41) is 11.2. The number of anilines is 3. The number of imidazole rings is 1. The van der Waals surface area contributed by atoms with Crippen molar-refractivity contribution in [2.75, 3.05) is 10.6 Å². The van der Waals surface area contributed by atoms with Crippen molar-refractivity contribution in [3.63, 3.8) is 0 Å². The molecule has 1 aliphatic rings. The van der Waals surface area contributed by atoms with Gasteiger partial charge < -0.3 is 16.4 Å². The molecule has 7 heteroatoms. The Kier molecular flexibility index (Phi) is 4.23. The lowest BCUT2D eigenvalue weighted by Crippen LogP contribution is -2.33. The second kappa shape index (κ2) is 6.68. The van der Waals surface area contributed by atoms with Gasteiger partial charge in [-0.2, -0.15) is 0 Å². The Morgan fingerprint density at radius 3 is 2.72 bits per heavy atom. The van der Waals surface area contributed by atoms with Gasteiger partial charge in [0.05, 0.1) is 11.4 Å². The quantitative estimate of drug-likeness (QED) is 0.679. The highest BCUT2D eigenvalue weighted by atomic mass is 19.1. The van der Waals surface area contributed by atoms with Gasteiger partial charge in [0.2, 0.25) is 0 Å². The first-order valence-corrected chi connectivity index (χ1v) is 8.57. The second-order valence-electron chi connectivity index (χ2n) is 6.50. The molecular weight excluding hydrogens is 319 g/mol. The monoisotopic (exact) mass is 340 g/mol. The molecule has 0 atom stereocenters. The minimum absolute atomic E-state index is 0.306. The van der Waals surface area contributed by atoms with Gasteiger partial charge >= 0.3 is 0 Å². The Labute approximate surface area is 145 Å². The van der Waals surface area contributed by atoms with E-state index in [0.29, 0.717) is 29.1 Å². The normalized spacial score (nSPS) is 20.6. The third kappa shape index (κ3) is 3.41. The highest BCUT2D eigenvalue weighted by molar-refractivity contribution is 5.75. The standard InChI is InChI=1S/C18H21FN6/c19-14-3-1-2-4-15(14)23-16-11-17(24-25-10-9-21-18(16)25)22-13-7-5-12(20)6-8-13/h1-4,9-13,23H,5-8,20H2,(H,22,24). The number of para-hydroxylation sites is 1. The van der Waals surface area contributed by atoms with E-state index in [1.165, 1.54) is 6.07 Å². The average Bonchev–Trinajstić information content (AvgIpc) is 3.08. The number of halogens is 1. The Morgan fingerprint density at radius 2 is 1.92 bits per heavy atom. The fourth-order valence-electron chi connectivity index (χ4n) is 3.26. The number of fused-ring (bicyclic) bond motifs is 1. The molecular formula is C18H21FN6. The summed E-state index contributed by atoms with van der Waals surface area (Å²) in [6.07, 6.45) is 7.56. The van der Waals surface area contributed by atoms with Crippen molar-refractivity contribution in [1.29, 1.82) is 0 Å². The number of nitrogens with two attached hydrogens (primary N) is 1. The zero-order chi connectivity index (χ0) is 17.2. The van der Waals surface area contributed by atoms with Gasteiger partial charge in [0.15, 0.2) is 5.65 Å². The van der Waals surface area contributed by atoms with Crippen molar-refractivity contribution in [2.45, 2.75) is 37.8 Å². The number of hydrogen-bond donors (Lipinski definition) is 3. The maximum absolute atomic E-state index is 14.0. The summed E-state index contributed by atoms with van der Waals surface area (Å²) in [6.45, 7) is 0. The van der Waals surface area contributed by atoms with Crippen LogP contribution in [-0.4, -0.2) is 26.7 Å². The molecule has 1 saturated carbocycles. The smallest absolute Gasteiger partial charge is 0.177 e. The van der Waals surface area contributed by atoms with E-state index in [9.17, 15) is 4.39 Å². The lowest BCUT2D eigenvalue weighted by molar-refractivity contribution is 0.410. The van der Waals surface area contributed by atoms with Crippen molar-refractivity contribution < 1.29 is 4.39 Å². The summed E-state index contributed by atoms with van der Waals surface area (Å²) in [5.41, 5.74) is 7.74. The number of benzene rings is 1. The van der Waals surface area contributed by atoms with Crippen LogP contribution >= 0.6 is 0 Å². The molecule has 0 spiro atoms. The molecule has 2 heterocycles. The topological polar surface area (TPSA) is 80.3 Å². The first-order chi connectivity index (χ1) is 12.2.